The highest BCUT2D eigenvalue weighted by Gasteiger charge is 2.37. The van der Waals surface area contributed by atoms with E-state index in [2.05, 4.69) is 53.7 Å². The van der Waals surface area contributed by atoms with Crippen LogP contribution in [0.3, 0.4) is 0 Å². The molecule has 0 N–H and O–H groups in total. The number of ether oxygens (including phenoxy) is 1. The molecule has 0 radical (unpaired) electrons. The lowest BCUT2D eigenvalue weighted by Gasteiger charge is -2.29. The topological polar surface area (TPSA) is 63.0 Å². The summed E-state index contributed by atoms with van der Waals surface area (Å²) >= 11 is 1.65. The van der Waals surface area contributed by atoms with E-state index in [1.807, 2.05) is 41.1 Å². The molecule has 7 nitrogen and oxygen atoms in total. The highest BCUT2D eigenvalue weighted by Crippen LogP contribution is 2.39. The van der Waals surface area contributed by atoms with Gasteiger partial charge in [0.1, 0.15) is 0 Å². The Bertz CT molecular complexity index is 1390. The summed E-state index contributed by atoms with van der Waals surface area (Å²) in [6, 6.07) is 22.4. The fraction of sp³-hybridized carbons (Fsp3) is 0.276. The number of benzene rings is 2. The maximum atomic E-state index is 13.7. The first-order chi connectivity index (χ1) is 18.2. The highest BCUT2D eigenvalue weighted by molar-refractivity contribution is 7.12. The number of carbonyl (C=O) groups excluding carboxylic acids is 1. The van der Waals surface area contributed by atoms with Gasteiger partial charge in [-0.05, 0) is 30.5 Å². The number of rotatable bonds is 6. The van der Waals surface area contributed by atoms with E-state index in [0.29, 0.717) is 26.2 Å². The normalized spacial score (nSPS) is 18.2. The van der Waals surface area contributed by atoms with Crippen LogP contribution in [0.1, 0.15) is 28.5 Å². The number of hydrogen-bond acceptors (Lipinski definition) is 6. The van der Waals surface area contributed by atoms with Crippen LogP contribution in [0.25, 0.3) is 16.9 Å². The zero-order valence-corrected chi connectivity index (χ0v) is 21.6. The fourth-order valence-electron chi connectivity index (χ4n) is 4.88. The molecule has 4 aromatic rings. The minimum Gasteiger partial charge on any atom is -0.379 e. The van der Waals surface area contributed by atoms with Crippen molar-refractivity contribution in [2.45, 2.75) is 19.4 Å². The molecule has 0 spiro atoms. The fourth-order valence-corrected chi connectivity index (χ4v) is 5.60. The second-order valence-corrected chi connectivity index (χ2v) is 10.4. The third-order valence-corrected chi connectivity index (χ3v) is 7.80. The van der Waals surface area contributed by atoms with E-state index in [4.69, 9.17) is 14.9 Å². The molecule has 0 saturated carbocycles. The van der Waals surface area contributed by atoms with Crippen LogP contribution in [-0.2, 0) is 9.53 Å². The number of morpholine rings is 1. The van der Waals surface area contributed by atoms with E-state index in [1.54, 1.807) is 16.3 Å². The maximum absolute atomic E-state index is 13.7. The number of para-hydroxylation sites is 1. The molecular weight excluding hydrogens is 482 g/mol. The van der Waals surface area contributed by atoms with Gasteiger partial charge in [-0.15, -0.1) is 11.3 Å². The van der Waals surface area contributed by atoms with Crippen molar-refractivity contribution in [3.63, 3.8) is 0 Å². The second kappa shape index (κ2) is 10.4. The smallest absolute Gasteiger partial charge is 0.257 e. The SMILES string of the molecule is Cc1ccc(-c2nn(-c3ccccc3)cc2[C@@H]2CC(c3cccs3)=NN2C(=O)CN2CCOCC2)cc1. The van der Waals surface area contributed by atoms with Crippen LogP contribution in [0.4, 0.5) is 0 Å². The van der Waals surface area contributed by atoms with Crippen molar-refractivity contribution in [2.75, 3.05) is 32.8 Å². The zero-order chi connectivity index (χ0) is 25.2. The van der Waals surface area contributed by atoms with Crippen molar-refractivity contribution in [1.82, 2.24) is 19.7 Å². The number of aromatic nitrogens is 2. The van der Waals surface area contributed by atoms with Gasteiger partial charge in [-0.3, -0.25) is 9.69 Å². The summed E-state index contributed by atoms with van der Waals surface area (Å²) in [7, 11) is 0. The molecule has 0 unspecified atom stereocenters. The van der Waals surface area contributed by atoms with Gasteiger partial charge in [0.05, 0.1) is 47.8 Å². The first-order valence-electron chi connectivity index (χ1n) is 12.6. The van der Waals surface area contributed by atoms with E-state index in [9.17, 15) is 4.79 Å². The summed E-state index contributed by atoms with van der Waals surface area (Å²) in [5.41, 5.74) is 6.02. The molecule has 1 atom stereocenters. The summed E-state index contributed by atoms with van der Waals surface area (Å²) in [6.45, 7) is 5.23. The molecule has 1 amide bonds. The molecule has 6 rings (SSSR count). The molecule has 0 aliphatic carbocycles. The van der Waals surface area contributed by atoms with Crippen molar-refractivity contribution in [3.05, 3.63) is 94.3 Å². The molecule has 1 fully saturated rings. The Kier molecular flexibility index (Phi) is 6.70. The first-order valence-corrected chi connectivity index (χ1v) is 13.5. The summed E-state index contributed by atoms with van der Waals surface area (Å²) in [5.74, 6) is 0.000716. The van der Waals surface area contributed by atoms with Gasteiger partial charge in [-0.25, -0.2) is 9.69 Å². The van der Waals surface area contributed by atoms with Crippen LogP contribution in [0, 0.1) is 6.92 Å². The first kappa shape index (κ1) is 23.8. The molecule has 37 heavy (non-hydrogen) atoms. The van der Waals surface area contributed by atoms with Gasteiger partial charge >= 0.3 is 0 Å². The monoisotopic (exact) mass is 511 g/mol. The van der Waals surface area contributed by atoms with Crippen LogP contribution in [0.5, 0.6) is 0 Å². The molecule has 2 aromatic carbocycles. The van der Waals surface area contributed by atoms with Gasteiger partial charge in [-0.2, -0.15) is 10.2 Å². The summed E-state index contributed by atoms with van der Waals surface area (Å²) < 4.78 is 7.39. The van der Waals surface area contributed by atoms with Crippen molar-refractivity contribution >= 4 is 23.0 Å². The number of hydrogen-bond donors (Lipinski definition) is 0. The second-order valence-electron chi connectivity index (χ2n) is 9.45. The summed E-state index contributed by atoms with van der Waals surface area (Å²) in [5, 5.41) is 13.7. The number of hydrazone groups is 1. The van der Waals surface area contributed by atoms with Gasteiger partial charge in [0, 0.05) is 36.8 Å². The van der Waals surface area contributed by atoms with Crippen LogP contribution < -0.4 is 0 Å². The Morgan fingerprint density at radius 2 is 1.81 bits per heavy atom. The number of amides is 1. The van der Waals surface area contributed by atoms with Crippen molar-refractivity contribution in [1.29, 1.82) is 0 Å². The average molecular weight is 512 g/mol. The van der Waals surface area contributed by atoms with Crippen LogP contribution in [0.2, 0.25) is 0 Å². The number of aryl methyl sites for hydroxylation is 1. The van der Waals surface area contributed by atoms with Crippen LogP contribution in [-0.4, -0.2) is 64.2 Å². The Morgan fingerprint density at radius 3 is 2.54 bits per heavy atom. The van der Waals surface area contributed by atoms with Gasteiger partial charge < -0.3 is 4.74 Å². The van der Waals surface area contributed by atoms with Crippen LogP contribution >= 0.6 is 11.3 Å². The standard InChI is InChI=1S/C29H29N5O2S/c1-21-9-11-22(12-10-21)29-24(19-33(31-29)23-6-3-2-4-7-23)26-18-25(27-8-5-17-37-27)30-34(26)28(35)20-32-13-15-36-16-14-32/h2-12,17,19,26H,13-16,18,20H2,1H3/t26-/m0/s1. The van der Waals surface area contributed by atoms with Gasteiger partial charge in [0.2, 0.25) is 0 Å². The Labute approximate surface area is 220 Å². The number of nitrogens with zero attached hydrogens (tertiary/aromatic N) is 5. The predicted molar refractivity (Wildman–Crippen MR) is 146 cm³/mol. The third kappa shape index (κ3) is 5.00. The Morgan fingerprint density at radius 1 is 1.03 bits per heavy atom. The summed E-state index contributed by atoms with van der Waals surface area (Å²) in [4.78, 5) is 16.9. The average Bonchev–Trinajstić information content (AvgIpc) is 3.70. The molecular formula is C29H29N5O2S. The molecule has 2 aromatic heterocycles. The molecule has 1 saturated heterocycles. The minimum absolute atomic E-state index is 0.000716. The lowest BCUT2D eigenvalue weighted by atomic mass is 9.98. The largest absolute Gasteiger partial charge is 0.379 e. The molecule has 8 heteroatoms. The lowest BCUT2D eigenvalue weighted by molar-refractivity contribution is -0.135. The van der Waals surface area contributed by atoms with Crippen molar-refractivity contribution in [2.24, 2.45) is 5.10 Å². The van der Waals surface area contributed by atoms with Gasteiger partial charge in [0.25, 0.3) is 5.91 Å². The Hall–Kier alpha value is -3.59. The molecule has 2 aliphatic rings. The Balaban J connectivity index is 1.41. The third-order valence-electron chi connectivity index (χ3n) is 6.88. The lowest BCUT2D eigenvalue weighted by Crippen LogP contribution is -2.43. The zero-order valence-electron chi connectivity index (χ0n) is 20.8. The van der Waals surface area contributed by atoms with E-state index in [0.717, 1.165) is 46.2 Å². The highest BCUT2D eigenvalue weighted by atomic mass is 32.1. The molecule has 0 bridgehead atoms. The van der Waals surface area contributed by atoms with Crippen LogP contribution in [0.15, 0.2) is 83.4 Å². The van der Waals surface area contributed by atoms with E-state index < -0.39 is 0 Å². The number of carbonyl (C=O) groups is 1. The predicted octanol–water partition coefficient (Wildman–Crippen LogP) is 4.92. The van der Waals surface area contributed by atoms with Gasteiger partial charge in [-0.1, -0.05) is 54.1 Å². The maximum Gasteiger partial charge on any atom is 0.257 e. The molecule has 2 aliphatic heterocycles. The minimum atomic E-state index is -0.237. The quantitative estimate of drug-likeness (QED) is 0.369. The van der Waals surface area contributed by atoms with E-state index >= 15 is 0 Å². The summed E-state index contributed by atoms with van der Waals surface area (Å²) in [6.07, 6.45) is 2.71. The van der Waals surface area contributed by atoms with Crippen molar-refractivity contribution < 1.29 is 9.53 Å². The van der Waals surface area contributed by atoms with E-state index in [-0.39, 0.29) is 11.9 Å². The van der Waals surface area contributed by atoms with Crippen molar-refractivity contribution in [3.8, 4) is 16.9 Å². The van der Waals surface area contributed by atoms with Gasteiger partial charge in [0.15, 0.2) is 0 Å². The van der Waals surface area contributed by atoms with E-state index in [1.165, 1.54) is 5.56 Å². The molecule has 188 valence electrons. The number of thiophene rings is 1. The molecule has 4 heterocycles.